The molecule has 0 spiro atoms. The van der Waals surface area contributed by atoms with Crippen molar-refractivity contribution in [1.82, 2.24) is 5.32 Å². The van der Waals surface area contributed by atoms with Crippen molar-refractivity contribution in [2.75, 3.05) is 12.0 Å². The van der Waals surface area contributed by atoms with Crippen LogP contribution < -0.4 is 10.2 Å². The summed E-state index contributed by atoms with van der Waals surface area (Å²) in [5, 5.41) is 22.4. The van der Waals surface area contributed by atoms with E-state index in [0.717, 1.165) is 4.90 Å². The minimum absolute atomic E-state index is 0.242. The number of methoxy groups -OCH3 is 1. The number of benzene rings is 2. The number of ether oxygens (including phenoxy) is 1. The van der Waals surface area contributed by atoms with Gasteiger partial charge in [0.1, 0.15) is 5.54 Å². The number of aryl methyl sites for hydroxylation is 1. The van der Waals surface area contributed by atoms with Crippen LogP contribution in [-0.2, 0) is 23.9 Å². The largest absolute Gasteiger partial charge is 0.481 e. The summed E-state index contributed by atoms with van der Waals surface area (Å²) in [6, 6.07) is 11.7. The van der Waals surface area contributed by atoms with Crippen LogP contribution in [0.25, 0.3) is 0 Å². The lowest BCUT2D eigenvalue weighted by Crippen LogP contribution is -2.57. The average Bonchev–Trinajstić information content (AvgIpc) is 3.28. The highest BCUT2D eigenvalue weighted by Crippen LogP contribution is 2.51. The highest BCUT2D eigenvalue weighted by Gasteiger charge is 2.69. The van der Waals surface area contributed by atoms with Crippen molar-refractivity contribution in [3.63, 3.8) is 0 Å². The monoisotopic (exact) mass is 466 g/mol. The number of fused-ring (bicyclic) bond motifs is 1. The van der Waals surface area contributed by atoms with E-state index >= 15 is 0 Å². The van der Waals surface area contributed by atoms with Crippen LogP contribution in [0.3, 0.4) is 0 Å². The highest BCUT2D eigenvalue weighted by atomic mass is 16.5. The summed E-state index contributed by atoms with van der Waals surface area (Å²) in [4.78, 5) is 64.0. The number of carbonyl (C=O) groups is 5. The Labute approximate surface area is 194 Å². The van der Waals surface area contributed by atoms with Gasteiger partial charge in [0.25, 0.3) is 0 Å². The summed E-state index contributed by atoms with van der Waals surface area (Å²) >= 11 is 0. The lowest BCUT2D eigenvalue weighted by molar-refractivity contribution is -0.154. The van der Waals surface area contributed by atoms with Crippen molar-refractivity contribution in [2.45, 2.75) is 24.9 Å². The number of carboxylic acid groups (broad SMARTS) is 2. The summed E-state index contributed by atoms with van der Waals surface area (Å²) in [5.41, 5.74) is -0.571. The first kappa shape index (κ1) is 23.1. The van der Waals surface area contributed by atoms with E-state index in [-0.39, 0.29) is 5.56 Å². The number of hydrogen-bond acceptors (Lipinski definition) is 7. The first-order valence-corrected chi connectivity index (χ1v) is 10.5. The number of nitrogens with one attached hydrogen (secondary N) is 1. The molecule has 2 fully saturated rings. The fourth-order valence-corrected chi connectivity index (χ4v) is 4.96. The van der Waals surface area contributed by atoms with E-state index in [1.54, 1.807) is 31.2 Å². The van der Waals surface area contributed by atoms with Gasteiger partial charge in [0.2, 0.25) is 11.8 Å². The van der Waals surface area contributed by atoms with E-state index < -0.39 is 59.6 Å². The Morgan fingerprint density at radius 2 is 1.68 bits per heavy atom. The molecular formula is C24H22N2O8. The van der Waals surface area contributed by atoms with Gasteiger partial charge in [0, 0.05) is 6.04 Å². The SMILES string of the molecule is COC(=O)c1ccc(C2NC(CC(=O)O)(C(=O)O)C3C(=O)N(c4ccccc4C)C(=O)C23)cc1. The molecule has 4 rings (SSSR count). The maximum Gasteiger partial charge on any atom is 0.337 e. The predicted octanol–water partition coefficient (Wildman–Crippen LogP) is 1.53. The number of imide groups is 1. The third kappa shape index (κ3) is 3.43. The summed E-state index contributed by atoms with van der Waals surface area (Å²) in [7, 11) is 1.23. The molecule has 3 N–H and O–H groups in total. The zero-order valence-electron chi connectivity index (χ0n) is 18.3. The lowest BCUT2D eigenvalue weighted by atomic mass is 9.77. The summed E-state index contributed by atoms with van der Waals surface area (Å²) in [6.45, 7) is 1.72. The molecule has 2 heterocycles. The van der Waals surface area contributed by atoms with Gasteiger partial charge in [-0.25, -0.2) is 9.69 Å². The number of carbonyl (C=O) groups excluding carboxylic acids is 3. The van der Waals surface area contributed by atoms with Crippen LogP contribution in [0.15, 0.2) is 48.5 Å². The van der Waals surface area contributed by atoms with Gasteiger partial charge in [-0.3, -0.25) is 24.5 Å². The Bertz CT molecular complexity index is 1210. The number of esters is 1. The molecule has 2 saturated heterocycles. The van der Waals surface area contributed by atoms with Gasteiger partial charge >= 0.3 is 17.9 Å². The third-order valence-electron chi connectivity index (χ3n) is 6.51. The Balaban J connectivity index is 1.85. The van der Waals surface area contributed by atoms with E-state index in [0.29, 0.717) is 16.8 Å². The maximum atomic E-state index is 13.6. The lowest BCUT2D eigenvalue weighted by Gasteiger charge is -2.30. The molecule has 0 aliphatic carbocycles. The van der Waals surface area contributed by atoms with Crippen LogP contribution in [0.1, 0.15) is 33.9 Å². The van der Waals surface area contributed by atoms with Crippen molar-refractivity contribution in [3.8, 4) is 0 Å². The molecule has 0 radical (unpaired) electrons. The van der Waals surface area contributed by atoms with E-state index in [2.05, 4.69) is 10.1 Å². The minimum Gasteiger partial charge on any atom is -0.481 e. The van der Waals surface area contributed by atoms with Gasteiger partial charge in [0.05, 0.1) is 36.6 Å². The molecule has 0 bridgehead atoms. The molecule has 2 aliphatic rings. The molecule has 0 saturated carbocycles. The number of hydrogen-bond donors (Lipinski definition) is 3. The zero-order valence-corrected chi connectivity index (χ0v) is 18.3. The number of para-hydroxylation sites is 1. The normalized spacial score (nSPS) is 25.8. The Morgan fingerprint density at radius 1 is 1.03 bits per heavy atom. The van der Waals surface area contributed by atoms with Gasteiger partial charge in [-0.15, -0.1) is 0 Å². The van der Waals surface area contributed by atoms with E-state index in [1.165, 1.54) is 31.4 Å². The van der Waals surface area contributed by atoms with Gasteiger partial charge in [-0.05, 0) is 36.2 Å². The molecule has 4 unspecified atom stereocenters. The number of aliphatic carboxylic acids is 2. The molecule has 2 aromatic carbocycles. The van der Waals surface area contributed by atoms with Crippen molar-refractivity contribution in [3.05, 3.63) is 65.2 Å². The molecule has 34 heavy (non-hydrogen) atoms. The molecule has 0 aromatic heterocycles. The third-order valence-corrected chi connectivity index (χ3v) is 6.51. The van der Waals surface area contributed by atoms with Crippen molar-refractivity contribution in [1.29, 1.82) is 0 Å². The molecule has 10 nitrogen and oxygen atoms in total. The molecule has 2 amide bonds. The number of carboxylic acids is 2. The van der Waals surface area contributed by atoms with Crippen LogP contribution in [0.4, 0.5) is 5.69 Å². The molecular weight excluding hydrogens is 444 g/mol. The molecule has 176 valence electrons. The predicted molar refractivity (Wildman–Crippen MR) is 117 cm³/mol. The second kappa shape index (κ2) is 8.38. The topological polar surface area (TPSA) is 150 Å². The van der Waals surface area contributed by atoms with Gasteiger partial charge in [0.15, 0.2) is 0 Å². The minimum atomic E-state index is -2.20. The number of rotatable bonds is 6. The highest BCUT2D eigenvalue weighted by molar-refractivity contribution is 6.24. The molecule has 2 aliphatic heterocycles. The van der Waals surface area contributed by atoms with Gasteiger partial charge in [-0.2, -0.15) is 0 Å². The van der Waals surface area contributed by atoms with Crippen molar-refractivity contribution in [2.24, 2.45) is 11.8 Å². The fourth-order valence-electron chi connectivity index (χ4n) is 4.96. The second-order valence-corrected chi connectivity index (χ2v) is 8.38. The van der Waals surface area contributed by atoms with E-state index in [1.807, 2.05) is 0 Å². The summed E-state index contributed by atoms with van der Waals surface area (Å²) in [6.07, 6.45) is -0.902. The summed E-state index contributed by atoms with van der Waals surface area (Å²) < 4.78 is 4.68. The Morgan fingerprint density at radius 3 is 2.24 bits per heavy atom. The molecule has 10 heteroatoms. The second-order valence-electron chi connectivity index (χ2n) is 8.38. The van der Waals surface area contributed by atoms with Crippen LogP contribution in [0, 0.1) is 18.8 Å². The zero-order chi connectivity index (χ0) is 24.8. The Kier molecular flexibility index (Phi) is 5.70. The quantitative estimate of drug-likeness (QED) is 0.425. The van der Waals surface area contributed by atoms with E-state index in [9.17, 15) is 34.2 Å². The first-order chi connectivity index (χ1) is 16.1. The van der Waals surface area contributed by atoms with Crippen LogP contribution in [-0.4, -0.2) is 52.6 Å². The van der Waals surface area contributed by atoms with Gasteiger partial charge in [-0.1, -0.05) is 30.3 Å². The summed E-state index contributed by atoms with van der Waals surface area (Å²) in [5.74, 6) is -7.53. The maximum absolute atomic E-state index is 13.6. The fraction of sp³-hybridized carbons (Fsp3) is 0.292. The van der Waals surface area contributed by atoms with Crippen LogP contribution in [0.5, 0.6) is 0 Å². The molecule has 4 atom stereocenters. The number of anilines is 1. The smallest absolute Gasteiger partial charge is 0.337 e. The standard InChI is InChI=1S/C24H22N2O8/c1-12-5-3-4-6-15(12)26-20(29)17-18(21(26)30)24(23(32)33,11-16(27)28)25-19(17)13-7-9-14(10-8-13)22(31)34-2/h3-10,17-19,25H,11H2,1-2H3,(H,27,28)(H,32,33). The van der Waals surface area contributed by atoms with Crippen LogP contribution >= 0.6 is 0 Å². The van der Waals surface area contributed by atoms with E-state index in [4.69, 9.17) is 0 Å². The van der Waals surface area contributed by atoms with Crippen LogP contribution in [0.2, 0.25) is 0 Å². The number of nitrogens with zero attached hydrogens (tertiary/aromatic N) is 1. The Hall–Kier alpha value is -4.05. The van der Waals surface area contributed by atoms with Gasteiger partial charge < -0.3 is 14.9 Å². The average molecular weight is 466 g/mol. The van der Waals surface area contributed by atoms with Crippen molar-refractivity contribution >= 4 is 35.4 Å². The first-order valence-electron chi connectivity index (χ1n) is 10.5. The molecule has 2 aromatic rings. The van der Waals surface area contributed by atoms with Crippen molar-refractivity contribution < 1.29 is 38.9 Å². The number of amides is 2.